The molecule has 1 fully saturated rings. The first-order chi connectivity index (χ1) is 7.95. The minimum Gasteiger partial charge on any atom is -0.314 e. The Bertz CT molecular complexity index is 268. The van der Waals surface area contributed by atoms with E-state index in [0.29, 0.717) is 0 Å². The summed E-state index contributed by atoms with van der Waals surface area (Å²) in [4.78, 5) is 3.98. The highest BCUT2D eigenvalue weighted by molar-refractivity contribution is 7.09. The predicted octanol–water partition coefficient (Wildman–Crippen LogP) is 1.13. The van der Waals surface area contributed by atoms with Crippen molar-refractivity contribution in [2.75, 3.05) is 39.3 Å². The third-order valence-electron chi connectivity index (χ3n) is 2.92. The smallest absolute Gasteiger partial charge is 0.0299 e. The van der Waals surface area contributed by atoms with Crippen LogP contribution in [0.25, 0.3) is 0 Å². The van der Waals surface area contributed by atoms with Gasteiger partial charge in [-0.1, -0.05) is 6.07 Å². The van der Waals surface area contributed by atoms with Crippen LogP contribution >= 0.6 is 11.3 Å². The van der Waals surface area contributed by atoms with Crippen molar-refractivity contribution in [1.82, 2.24) is 15.5 Å². The van der Waals surface area contributed by atoms with Crippen LogP contribution in [0.2, 0.25) is 0 Å². The second kappa shape index (κ2) is 7.01. The van der Waals surface area contributed by atoms with Gasteiger partial charge in [0.2, 0.25) is 0 Å². The Morgan fingerprint density at radius 3 is 3.00 bits per heavy atom. The van der Waals surface area contributed by atoms with Gasteiger partial charge >= 0.3 is 0 Å². The first kappa shape index (κ1) is 12.0. The van der Waals surface area contributed by atoms with Gasteiger partial charge in [-0.15, -0.1) is 11.3 Å². The van der Waals surface area contributed by atoms with E-state index in [0.717, 1.165) is 26.2 Å². The van der Waals surface area contributed by atoms with E-state index in [4.69, 9.17) is 0 Å². The van der Waals surface area contributed by atoms with Crippen molar-refractivity contribution >= 4 is 11.3 Å². The van der Waals surface area contributed by atoms with Gasteiger partial charge in [0.05, 0.1) is 0 Å². The van der Waals surface area contributed by atoms with E-state index in [1.54, 1.807) is 0 Å². The molecule has 0 aliphatic carbocycles. The molecule has 4 heteroatoms. The van der Waals surface area contributed by atoms with Gasteiger partial charge in [-0.3, -0.25) is 0 Å². The highest BCUT2D eigenvalue weighted by Gasteiger charge is 2.07. The molecule has 1 aliphatic rings. The van der Waals surface area contributed by atoms with Crippen molar-refractivity contribution in [1.29, 1.82) is 0 Å². The number of piperazine rings is 1. The van der Waals surface area contributed by atoms with Gasteiger partial charge in [-0.2, -0.15) is 0 Å². The first-order valence-corrected chi connectivity index (χ1v) is 6.99. The summed E-state index contributed by atoms with van der Waals surface area (Å²) in [6.45, 7) is 8.13. The quantitative estimate of drug-likeness (QED) is 0.729. The fraction of sp³-hybridized carbons (Fsp3) is 0.667. The van der Waals surface area contributed by atoms with Crippen LogP contribution in [0.5, 0.6) is 0 Å². The van der Waals surface area contributed by atoms with Crippen molar-refractivity contribution in [3.63, 3.8) is 0 Å². The third kappa shape index (κ3) is 4.22. The lowest BCUT2D eigenvalue weighted by Crippen LogP contribution is -2.44. The van der Waals surface area contributed by atoms with Gasteiger partial charge in [0.15, 0.2) is 0 Å². The van der Waals surface area contributed by atoms with Gasteiger partial charge in [0, 0.05) is 37.6 Å². The Labute approximate surface area is 102 Å². The van der Waals surface area contributed by atoms with Crippen molar-refractivity contribution in [3.8, 4) is 0 Å². The van der Waals surface area contributed by atoms with Crippen LogP contribution < -0.4 is 10.6 Å². The summed E-state index contributed by atoms with van der Waals surface area (Å²) < 4.78 is 0. The second-order valence-electron chi connectivity index (χ2n) is 4.20. The molecule has 2 heterocycles. The van der Waals surface area contributed by atoms with Crippen molar-refractivity contribution in [2.24, 2.45) is 0 Å². The maximum Gasteiger partial charge on any atom is 0.0299 e. The average molecular weight is 239 g/mol. The minimum atomic E-state index is 1.03. The van der Waals surface area contributed by atoms with Gasteiger partial charge in [-0.05, 0) is 31.0 Å². The van der Waals surface area contributed by atoms with Crippen LogP contribution in [0.1, 0.15) is 11.3 Å². The van der Waals surface area contributed by atoms with E-state index >= 15 is 0 Å². The summed E-state index contributed by atoms with van der Waals surface area (Å²) in [5, 5.41) is 9.01. The fourth-order valence-electron chi connectivity index (χ4n) is 1.99. The van der Waals surface area contributed by atoms with Crippen molar-refractivity contribution in [2.45, 2.75) is 13.0 Å². The average Bonchev–Trinajstić information content (AvgIpc) is 2.83. The minimum absolute atomic E-state index is 1.03. The van der Waals surface area contributed by atoms with Gasteiger partial charge in [-0.25, -0.2) is 0 Å². The van der Waals surface area contributed by atoms with Crippen LogP contribution in [0, 0.1) is 0 Å². The topological polar surface area (TPSA) is 27.3 Å². The molecular formula is C12H21N3S. The van der Waals surface area contributed by atoms with Crippen LogP contribution in [-0.2, 0) is 6.54 Å². The predicted molar refractivity (Wildman–Crippen MR) is 70.0 cm³/mol. The Morgan fingerprint density at radius 1 is 1.38 bits per heavy atom. The molecule has 16 heavy (non-hydrogen) atoms. The first-order valence-electron chi connectivity index (χ1n) is 6.11. The van der Waals surface area contributed by atoms with Gasteiger partial charge < -0.3 is 15.5 Å². The summed E-state index contributed by atoms with van der Waals surface area (Å²) in [6.07, 6.45) is 1.26. The Balaban J connectivity index is 1.48. The Kier molecular flexibility index (Phi) is 5.28. The van der Waals surface area contributed by atoms with E-state index in [1.807, 2.05) is 11.3 Å². The lowest BCUT2D eigenvalue weighted by molar-refractivity contribution is 0.237. The molecule has 0 atom stereocenters. The summed E-state index contributed by atoms with van der Waals surface area (Å²) >= 11 is 1.83. The second-order valence-corrected chi connectivity index (χ2v) is 5.23. The lowest BCUT2D eigenvalue weighted by Gasteiger charge is -2.27. The van der Waals surface area contributed by atoms with Gasteiger partial charge in [0.25, 0.3) is 0 Å². The van der Waals surface area contributed by atoms with E-state index < -0.39 is 0 Å². The molecule has 1 aromatic heterocycles. The number of hydrogen-bond donors (Lipinski definition) is 2. The largest absolute Gasteiger partial charge is 0.314 e. The summed E-state index contributed by atoms with van der Waals surface area (Å²) in [5.41, 5.74) is 0. The highest BCUT2D eigenvalue weighted by Crippen LogP contribution is 2.07. The molecule has 90 valence electrons. The maximum absolute atomic E-state index is 3.50. The zero-order valence-corrected chi connectivity index (χ0v) is 10.6. The number of nitrogens with one attached hydrogen (secondary N) is 2. The fourth-order valence-corrected chi connectivity index (χ4v) is 2.66. The Hall–Kier alpha value is -0.420. The normalized spacial score (nSPS) is 17.8. The molecule has 1 aromatic rings. The zero-order valence-electron chi connectivity index (χ0n) is 9.74. The van der Waals surface area contributed by atoms with Crippen molar-refractivity contribution in [3.05, 3.63) is 22.4 Å². The molecule has 0 spiro atoms. The number of nitrogens with zero attached hydrogens (tertiary/aromatic N) is 1. The summed E-state index contributed by atoms with van der Waals surface area (Å²) in [6, 6.07) is 4.30. The van der Waals surface area contributed by atoms with Crippen LogP contribution in [0.15, 0.2) is 17.5 Å². The van der Waals surface area contributed by atoms with Crippen LogP contribution in [-0.4, -0.2) is 44.2 Å². The van der Waals surface area contributed by atoms with Crippen LogP contribution in [0.3, 0.4) is 0 Å². The molecule has 3 nitrogen and oxygen atoms in total. The molecule has 0 radical (unpaired) electrons. The van der Waals surface area contributed by atoms with Gasteiger partial charge in [0.1, 0.15) is 0 Å². The van der Waals surface area contributed by atoms with Crippen LogP contribution in [0.4, 0.5) is 0 Å². The summed E-state index contributed by atoms with van der Waals surface area (Å²) in [5.74, 6) is 0. The lowest BCUT2D eigenvalue weighted by atomic mass is 10.3. The maximum atomic E-state index is 3.50. The molecular weight excluding hydrogens is 218 g/mol. The van der Waals surface area contributed by atoms with E-state index in [-0.39, 0.29) is 0 Å². The zero-order chi connectivity index (χ0) is 11.1. The van der Waals surface area contributed by atoms with E-state index in [2.05, 4.69) is 33.0 Å². The molecule has 2 rings (SSSR count). The molecule has 0 amide bonds. The molecule has 0 aromatic carbocycles. The molecule has 0 saturated carbocycles. The summed E-state index contributed by atoms with van der Waals surface area (Å²) in [7, 11) is 0. The highest BCUT2D eigenvalue weighted by atomic mass is 32.1. The number of hydrogen-bond acceptors (Lipinski definition) is 4. The number of rotatable bonds is 6. The molecule has 0 bridgehead atoms. The van der Waals surface area contributed by atoms with E-state index in [9.17, 15) is 0 Å². The SMILES string of the molecule is c1csc(CNCCCN2CCNCC2)c1. The monoisotopic (exact) mass is 239 g/mol. The molecule has 1 saturated heterocycles. The standard InChI is InChI=1S/C12H21N3S/c1-3-12(16-10-1)11-14-4-2-7-15-8-5-13-6-9-15/h1,3,10,13-14H,2,4-9,11H2. The molecule has 2 N–H and O–H groups in total. The molecule has 0 unspecified atom stereocenters. The Morgan fingerprint density at radius 2 is 2.25 bits per heavy atom. The van der Waals surface area contributed by atoms with Crippen molar-refractivity contribution < 1.29 is 0 Å². The number of thiophene rings is 1. The molecule has 1 aliphatic heterocycles. The van der Waals surface area contributed by atoms with E-state index in [1.165, 1.54) is 30.9 Å². The third-order valence-corrected chi connectivity index (χ3v) is 3.79.